The van der Waals surface area contributed by atoms with Gasteiger partial charge in [-0.2, -0.15) is 0 Å². The molecule has 2 rings (SSSR count). The fourth-order valence-corrected chi connectivity index (χ4v) is 4.45. The number of benzene rings is 1. The zero-order valence-electron chi connectivity index (χ0n) is 28.3. The molecule has 1 aromatic rings. The maximum absolute atomic E-state index is 12.8. The topological polar surface area (TPSA) is 136 Å². The van der Waals surface area contributed by atoms with Crippen LogP contribution in [0, 0.1) is 0 Å². The third-order valence-electron chi connectivity index (χ3n) is 6.68. The second kappa shape index (κ2) is 17.6. The molecular formula is C34H52N4O7. The summed E-state index contributed by atoms with van der Waals surface area (Å²) in [5, 5.41) is 5.25. The number of allylic oxidation sites excluding steroid dienone is 1. The molecule has 3 amide bonds. The first-order chi connectivity index (χ1) is 21.1. The van der Waals surface area contributed by atoms with E-state index in [0.29, 0.717) is 25.2 Å². The summed E-state index contributed by atoms with van der Waals surface area (Å²) in [4.78, 5) is 57.2. The minimum atomic E-state index is -1.12. The number of rotatable bonds is 13. The van der Waals surface area contributed by atoms with Crippen molar-refractivity contribution < 1.29 is 33.4 Å². The van der Waals surface area contributed by atoms with E-state index in [4.69, 9.17) is 19.2 Å². The molecule has 0 fully saturated rings. The number of carbonyl (C=O) groups is 4. The Morgan fingerprint density at radius 2 is 1.60 bits per heavy atom. The molecule has 11 heteroatoms. The van der Waals surface area contributed by atoms with Crippen LogP contribution in [-0.2, 0) is 30.4 Å². The van der Waals surface area contributed by atoms with E-state index >= 15 is 0 Å². The zero-order valence-corrected chi connectivity index (χ0v) is 28.3. The molecule has 0 aromatic heterocycles. The lowest BCUT2D eigenvalue weighted by Gasteiger charge is -2.31. The molecule has 1 atom stereocenters. The molecule has 0 saturated carbocycles. The molecule has 2 N–H and O–H groups in total. The quantitative estimate of drug-likeness (QED) is 0.111. The van der Waals surface area contributed by atoms with Crippen LogP contribution in [0.15, 0.2) is 46.7 Å². The average molecular weight is 629 g/mol. The molecule has 1 aromatic carbocycles. The largest absolute Gasteiger partial charge is 0.458 e. The number of carbonyl (C=O) groups excluding carboxylic acids is 4. The van der Waals surface area contributed by atoms with Crippen LogP contribution in [0.5, 0.6) is 0 Å². The Hall–Kier alpha value is -3.89. The maximum atomic E-state index is 12.8. The lowest BCUT2D eigenvalue weighted by atomic mass is 10.1. The van der Waals surface area contributed by atoms with Crippen molar-refractivity contribution in [2.45, 2.75) is 124 Å². The molecule has 1 heterocycles. The Kier molecular flexibility index (Phi) is 14.6. The van der Waals surface area contributed by atoms with E-state index < -0.39 is 35.4 Å². The summed E-state index contributed by atoms with van der Waals surface area (Å²) in [7, 11) is 0. The highest BCUT2D eigenvalue weighted by Crippen LogP contribution is 2.26. The van der Waals surface area contributed by atoms with Crippen molar-refractivity contribution in [1.82, 2.24) is 15.5 Å². The number of alkyl carbamates (subject to hydrolysis) is 1. The molecule has 1 aliphatic heterocycles. The summed E-state index contributed by atoms with van der Waals surface area (Å²) in [6.45, 7) is 15.2. The highest BCUT2D eigenvalue weighted by atomic mass is 16.6. The van der Waals surface area contributed by atoms with E-state index in [1.807, 2.05) is 65.0 Å². The number of hydrogen-bond acceptors (Lipinski definition) is 8. The van der Waals surface area contributed by atoms with Gasteiger partial charge in [0.15, 0.2) is 0 Å². The summed E-state index contributed by atoms with van der Waals surface area (Å²) in [5.74, 6) is -0.260. The fraction of sp³-hybridized carbons (Fsp3) is 0.618. The van der Waals surface area contributed by atoms with E-state index in [9.17, 15) is 19.2 Å². The van der Waals surface area contributed by atoms with E-state index in [-0.39, 0.29) is 25.5 Å². The Morgan fingerprint density at radius 1 is 0.956 bits per heavy atom. The highest BCUT2D eigenvalue weighted by molar-refractivity contribution is 5.86. The smallest absolute Gasteiger partial charge is 0.415 e. The van der Waals surface area contributed by atoms with Gasteiger partial charge in [0, 0.05) is 25.2 Å². The third kappa shape index (κ3) is 14.6. The summed E-state index contributed by atoms with van der Waals surface area (Å²) in [6.07, 6.45) is 3.51. The first-order valence-electron chi connectivity index (χ1n) is 15.8. The number of nitrogens with zero attached hydrogens (tertiary/aromatic N) is 2. The van der Waals surface area contributed by atoms with Crippen LogP contribution in [0.4, 0.5) is 9.59 Å². The SMILES string of the molecule is CCC(CCCCC(=O)NCC(NC(=O)OCc1ccccc1)C(=O)OC(C)(C)C)=NC1=C(C)CCCN1C(=O)OC(C)(C)C. The van der Waals surface area contributed by atoms with Crippen molar-refractivity contribution in [3.8, 4) is 0 Å². The van der Waals surface area contributed by atoms with Gasteiger partial charge in [0.1, 0.15) is 29.7 Å². The fourth-order valence-electron chi connectivity index (χ4n) is 4.45. The number of aliphatic imine (C=N–C) groups is 1. The van der Waals surface area contributed by atoms with E-state index in [1.165, 1.54) is 0 Å². The minimum Gasteiger partial charge on any atom is -0.458 e. The van der Waals surface area contributed by atoms with Gasteiger partial charge >= 0.3 is 18.2 Å². The minimum absolute atomic E-state index is 0.0407. The number of ether oxygens (including phenoxy) is 3. The summed E-state index contributed by atoms with van der Waals surface area (Å²) >= 11 is 0. The Labute approximate surface area is 268 Å². The van der Waals surface area contributed by atoms with Crippen LogP contribution in [0.3, 0.4) is 0 Å². The summed E-state index contributed by atoms with van der Waals surface area (Å²) in [6, 6.07) is 8.05. The van der Waals surface area contributed by atoms with Crippen molar-refractivity contribution in [1.29, 1.82) is 0 Å². The molecule has 1 unspecified atom stereocenters. The van der Waals surface area contributed by atoms with Crippen LogP contribution in [-0.4, -0.2) is 65.0 Å². The van der Waals surface area contributed by atoms with Crippen LogP contribution in [0.1, 0.15) is 106 Å². The zero-order chi connectivity index (χ0) is 33.6. The molecule has 1 aliphatic rings. The van der Waals surface area contributed by atoms with Crippen LogP contribution >= 0.6 is 0 Å². The van der Waals surface area contributed by atoms with Crippen molar-refractivity contribution in [3.05, 3.63) is 47.3 Å². The van der Waals surface area contributed by atoms with Gasteiger partial charge in [-0.05, 0) is 98.1 Å². The van der Waals surface area contributed by atoms with E-state index in [0.717, 1.165) is 42.5 Å². The molecule has 0 saturated heterocycles. The van der Waals surface area contributed by atoms with Crippen molar-refractivity contribution in [3.63, 3.8) is 0 Å². The van der Waals surface area contributed by atoms with Gasteiger partial charge in [-0.15, -0.1) is 0 Å². The predicted octanol–water partition coefficient (Wildman–Crippen LogP) is 6.41. The first kappa shape index (κ1) is 37.3. The van der Waals surface area contributed by atoms with Gasteiger partial charge in [0.25, 0.3) is 0 Å². The van der Waals surface area contributed by atoms with Crippen LogP contribution in [0.2, 0.25) is 0 Å². The van der Waals surface area contributed by atoms with Gasteiger partial charge in [-0.25, -0.2) is 19.4 Å². The number of unbranched alkanes of at least 4 members (excludes halogenated alkanes) is 1. The molecular weight excluding hydrogens is 576 g/mol. The Bertz CT molecular complexity index is 1210. The van der Waals surface area contributed by atoms with Crippen molar-refractivity contribution in [2.24, 2.45) is 4.99 Å². The summed E-state index contributed by atoms with van der Waals surface area (Å²) < 4.78 is 16.3. The van der Waals surface area contributed by atoms with Gasteiger partial charge in [0.05, 0.1) is 0 Å². The van der Waals surface area contributed by atoms with Gasteiger partial charge < -0.3 is 24.8 Å². The molecule has 0 aliphatic carbocycles. The van der Waals surface area contributed by atoms with Crippen LogP contribution < -0.4 is 10.6 Å². The normalized spacial score (nSPS) is 14.8. The Balaban J connectivity index is 1.90. The number of nitrogens with one attached hydrogen (secondary N) is 2. The monoisotopic (exact) mass is 628 g/mol. The van der Waals surface area contributed by atoms with Crippen LogP contribution in [0.25, 0.3) is 0 Å². The van der Waals surface area contributed by atoms with Crippen molar-refractivity contribution in [2.75, 3.05) is 13.1 Å². The van der Waals surface area contributed by atoms with E-state index in [2.05, 4.69) is 10.6 Å². The molecule has 0 radical (unpaired) electrons. The second-order valence-corrected chi connectivity index (χ2v) is 13.2. The first-order valence-corrected chi connectivity index (χ1v) is 15.8. The number of amides is 3. The number of hydrogen-bond donors (Lipinski definition) is 2. The molecule has 250 valence electrons. The van der Waals surface area contributed by atoms with Gasteiger partial charge in [-0.3, -0.25) is 9.69 Å². The molecule has 45 heavy (non-hydrogen) atoms. The predicted molar refractivity (Wildman–Crippen MR) is 173 cm³/mol. The van der Waals surface area contributed by atoms with Gasteiger partial charge in [-0.1, -0.05) is 37.3 Å². The lowest BCUT2D eigenvalue weighted by Crippen LogP contribution is -2.50. The number of esters is 1. The standard InChI is InChI=1S/C34H52N4O7/c1-9-26(36-29-24(2)16-15-21-38(29)32(42)45-34(6,7)8)19-13-14-20-28(39)35-22-27(30(40)44-33(3,4)5)37-31(41)43-23-25-17-11-10-12-18-25/h10-12,17-18,27H,9,13-16,19-23H2,1-8H3,(H,35,39)(H,37,41). The van der Waals surface area contributed by atoms with E-state index in [1.54, 1.807) is 25.7 Å². The lowest BCUT2D eigenvalue weighted by molar-refractivity contribution is -0.157. The molecule has 0 spiro atoms. The van der Waals surface area contributed by atoms with Gasteiger partial charge in [0.2, 0.25) is 5.91 Å². The highest BCUT2D eigenvalue weighted by Gasteiger charge is 2.29. The third-order valence-corrected chi connectivity index (χ3v) is 6.68. The molecule has 11 nitrogen and oxygen atoms in total. The van der Waals surface area contributed by atoms with Crippen molar-refractivity contribution >= 4 is 29.8 Å². The maximum Gasteiger partial charge on any atom is 0.415 e. The molecule has 0 bridgehead atoms. The summed E-state index contributed by atoms with van der Waals surface area (Å²) in [5.41, 5.74) is 1.43. The Morgan fingerprint density at radius 3 is 2.22 bits per heavy atom. The second-order valence-electron chi connectivity index (χ2n) is 13.2. The average Bonchev–Trinajstić information content (AvgIpc) is 2.95.